The summed E-state index contributed by atoms with van der Waals surface area (Å²) in [6.45, 7) is 7.58. The Labute approximate surface area is 186 Å². The van der Waals surface area contributed by atoms with Crippen molar-refractivity contribution in [3.05, 3.63) is 47.5 Å². The Balaban J connectivity index is 0.00000320. The quantitative estimate of drug-likeness (QED) is 0.472. The number of hydrogen-bond donors (Lipinski definition) is 1. The molecule has 0 spiro atoms. The number of benzene rings is 2. The third kappa shape index (κ3) is 5.62. The van der Waals surface area contributed by atoms with E-state index in [1.165, 1.54) is 18.5 Å². The van der Waals surface area contributed by atoms with E-state index in [4.69, 9.17) is 21.1 Å². The van der Waals surface area contributed by atoms with Crippen LogP contribution < -0.4 is 14.8 Å². The zero-order chi connectivity index (χ0) is 20.8. The molecular weight excluding hydrogens is 430 g/mol. The minimum absolute atomic E-state index is 0. The van der Waals surface area contributed by atoms with Gasteiger partial charge in [-0.05, 0) is 37.4 Å². The summed E-state index contributed by atoms with van der Waals surface area (Å²) in [4.78, 5) is 10.9. The normalized spacial score (nSPS) is 10.7. The summed E-state index contributed by atoms with van der Waals surface area (Å²) in [6.07, 6.45) is 1.46. The van der Waals surface area contributed by atoms with Crippen LogP contribution in [-0.2, 0) is 0 Å². The minimum Gasteiger partial charge on any atom is -0.493 e. The van der Waals surface area contributed by atoms with E-state index in [0.29, 0.717) is 35.1 Å². The topological polar surface area (TPSA) is 59.5 Å². The van der Waals surface area contributed by atoms with Gasteiger partial charge in [-0.15, -0.1) is 12.4 Å². The van der Waals surface area contributed by atoms with Crippen molar-refractivity contribution >= 4 is 46.4 Å². The molecule has 0 aliphatic rings. The fraction of sp³-hybridized carbons (Fsp3) is 0.333. The van der Waals surface area contributed by atoms with Gasteiger partial charge in [0.05, 0.1) is 17.6 Å². The Hall–Kier alpha value is -2.35. The van der Waals surface area contributed by atoms with E-state index in [-0.39, 0.29) is 17.4 Å². The smallest absolute Gasteiger partial charge is 0.163 e. The van der Waals surface area contributed by atoms with Gasteiger partial charge in [-0.1, -0.05) is 25.4 Å². The number of methoxy groups -OCH3 is 1. The van der Waals surface area contributed by atoms with E-state index < -0.39 is 5.82 Å². The minimum atomic E-state index is -0.474. The monoisotopic (exact) mass is 454 g/mol. The molecule has 0 radical (unpaired) electrons. The first-order valence-electron chi connectivity index (χ1n) is 9.45. The molecule has 0 amide bonds. The van der Waals surface area contributed by atoms with Gasteiger partial charge in [0.15, 0.2) is 11.5 Å². The SMILES string of the molecule is CCN(CC)CCOc1cc2ncnc(Nc3ccc(F)c(Cl)c3)c2cc1OC.Cl. The molecule has 9 heteroatoms. The van der Waals surface area contributed by atoms with Crippen molar-refractivity contribution in [3.63, 3.8) is 0 Å². The Morgan fingerprint density at radius 1 is 1.10 bits per heavy atom. The van der Waals surface area contributed by atoms with Crippen LogP contribution in [0.25, 0.3) is 10.9 Å². The molecule has 162 valence electrons. The molecule has 0 atom stereocenters. The molecule has 0 fully saturated rings. The van der Waals surface area contributed by atoms with Crippen molar-refractivity contribution in [2.24, 2.45) is 0 Å². The maximum Gasteiger partial charge on any atom is 0.163 e. The van der Waals surface area contributed by atoms with Crippen LogP contribution in [0.5, 0.6) is 11.5 Å². The van der Waals surface area contributed by atoms with E-state index >= 15 is 0 Å². The Morgan fingerprint density at radius 3 is 2.53 bits per heavy atom. The molecule has 30 heavy (non-hydrogen) atoms. The predicted octanol–water partition coefficient (Wildman–Crippen LogP) is 5.32. The Kier molecular flexibility index (Phi) is 8.89. The molecule has 0 aliphatic carbocycles. The predicted molar refractivity (Wildman–Crippen MR) is 121 cm³/mol. The van der Waals surface area contributed by atoms with Crippen LogP contribution in [0, 0.1) is 5.82 Å². The summed E-state index contributed by atoms with van der Waals surface area (Å²) in [6, 6.07) is 8.07. The van der Waals surface area contributed by atoms with Crippen molar-refractivity contribution in [3.8, 4) is 11.5 Å². The molecular formula is C21H25Cl2FN4O2. The van der Waals surface area contributed by atoms with E-state index in [1.54, 1.807) is 13.2 Å². The van der Waals surface area contributed by atoms with Crippen molar-refractivity contribution in [2.75, 3.05) is 38.7 Å². The molecule has 6 nitrogen and oxygen atoms in total. The Morgan fingerprint density at radius 2 is 1.87 bits per heavy atom. The molecule has 0 saturated carbocycles. The number of aromatic nitrogens is 2. The van der Waals surface area contributed by atoms with Crippen LogP contribution in [0.15, 0.2) is 36.7 Å². The van der Waals surface area contributed by atoms with Gasteiger partial charge in [-0.2, -0.15) is 0 Å². The molecule has 0 aliphatic heterocycles. The van der Waals surface area contributed by atoms with Gasteiger partial charge in [-0.3, -0.25) is 0 Å². The maximum absolute atomic E-state index is 13.4. The second-order valence-corrected chi connectivity index (χ2v) is 6.78. The lowest BCUT2D eigenvalue weighted by atomic mass is 10.2. The van der Waals surface area contributed by atoms with Crippen molar-refractivity contribution < 1.29 is 13.9 Å². The third-order valence-electron chi connectivity index (χ3n) is 4.66. The zero-order valence-electron chi connectivity index (χ0n) is 17.1. The fourth-order valence-corrected chi connectivity index (χ4v) is 3.15. The molecule has 1 aromatic heterocycles. The largest absolute Gasteiger partial charge is 0.493 e. The van der Waals surface area contributed by atoms with Crippen molar-refractivity contribution in [1.29, 1.82) is 0 Å². The number of hydrogen-bond acceptors (Lipinski definition) is 6. The summed E-state index contributed by atoms with van der Waals surface area (Å²) in [5.41, 5.74) is 1.32. The first-order chi connectivity index (χ1) is 14.0. The van der Waals surface area contributed by atoms with Gasteiger partial charge in [0, 0.05) is 23.7 Å². The van der Waals surface area contributed by atoms with E-state index in [1.807, 2.05) is 12.1 Å². The zero-order valence-corrected chi connectivity index (χ0v) is 18.7. The number of nitrogens with zero attached hydrogens (tertiary/aromatic N) is 3. The third-order valence-corrected chi connectivity index (χ3v) is 4.95. The lowest BCUT2D eigenvalue weighted by molar-refractivity contribution is 0.217. The summed E-state index contributed by atoms with van der Waals surface area (Å²) in [5.74, 6) is 1.30. The number of nitrogens with one attached hydrogen (secondary N) is 1. The van der Waals surface area contributed by atoms with Crippen LogP contribution in [0.1, 0.15) is 13.8 Å². The number of anilines is 2. The molecule has 1 N–H and O–H groups in total. The highest BCUT2D eigenvalue weighted by atomic mass is 35.5. The average Bonchev–Trinajstić information content (AvgIpc) is 2.73. The second kappa shape index (κ2) is 11.2. The van der Waals surface area contributed by atoms with Crippen LogP contribution in [-0.4, -0.2) is 48.2 Å². The first-order valence-corrected chi connectivity index (χ1v) is 9.83. The number of ether oxygens (including phenoxy) is 2. The van der Waals surface area contributed by atoms with E-state index in [0.717, 1.165) is 25.0 Å². The molecule has 2 aromatic carbocycles. The van der Waals surface area contributed by atoms with E-state index in [2.05, 4.69) is 34.0 Å². The van der Waals surface area contributed by atoms with Crippen LogP contribution in [0.4, 0.5) is 15.9 Å². The fourth-order valence-electron chi connectivity index (χ4n) is 2.97. The summed E-state index contributed by atoms with van der Waals surface area (Å²) < 4.78 is 24.9. The molecule has 1 heterocycles. The number of rotatable bonds is 9. The number of likely N-dealkylation sites (N-methyl/N-ethyl adjacent to an activating group) is 1. The average molecular weight is 455 g/mol. The molecule has 3 rings (SSSR count). The summed E-state index contributed by atoms with van der Waals surface area (Å²) in [7, 11) is 1.59. The summed E-state index contributed by atoms with van der Waals surface area (Å²) >= 11 is 5.87. The highest BCUT2D eigenvalue weighted by Gasteiger charge is 2.13. The van der Waals surface area contributed by atoms with Gasteiger partial charge >= 0.3 is 0 Å². The molecule has 0 unspecified atom stereocenters. The molecule has 0 bridgehead atoms. The lowest BCUT2D eigenvalue weighted by Gasteiger charge is -2.19. The first kappa shape index (κ1) is 23.9. The highest BCUT2D eigenvalue weighted by Crippen LogP contribution is 2.35. The molecule has 0 saturated heterocycles. The van der Waals surface area contributed by atoms with Crippen molar-refractivity contribution in [1.82, 2.24) is 14.9 Å². The van der Waals surface area contributed by atoms with Crippen LogP contribution in [0.3, 0.4) is 0 Å². The Bertz CT molecular complexity index is 987. The van der Waals surface area contributed by atoms with Crippen LogP contribution in [0.2, 0.25) is 5.02 Å². The maximum atomic E-state index is 13.4. The second-order valence-electron chi connectivity index (χ2n) is 6.37. The van der Waals surface area contributed by atoms with E-state index in [9.17, 15) is 4.39 Å². The summed E-state index contributed by atoms with van der Waals surface area (Å²) in [5, 5.41) is 3.94. The van der Waals surface area contributed by atoms with Gasteiger partial charge in [0.2, 0.25) is 0 Å². The van der Waals surface area contributed by atoms with Crippen molar-refractivity contribution in [2.45, 2.75) is 13.8 Å². The number of fused-ring (bicyclic) bond motifs is 1. The van der Waals surface area contributed by atoms with Crippen LogP contribution >= 0.6 is 24.0 Å². The van der Waals surface area contributed by atoms with Gasteiger partial charge in [0.25, 0.3) is 0 Å². The van der Waals surface area contributed by atoms with Gasteiger partial charge in [0.1, 0.15) is 24.6 Å². The number of halogens is 3. The van der Waals surface area contributed by atoms with Gasteiger partial charge in [-0.25, -0.2) is 14.4 Å². The van der Waals surface area contributed by atoms with Gasteiger partial charge < -0.3 is 19.7 Å². The highest BCUT2D eigenvalue weighted by molar-refractivity contribution is 6.31. The lowest BCUT2D eigenvalue weighted by Crippen LogP contribution is -2.27. The molecule has 3 aromatic rings. The standard InChI is InChI=1S/C21H24ClFN4O2.ClH/c1-4-27(5-2)8-9-29-20-12-18-15(11-19(20)28-3)21(25-13-24-18)26-14-6-7-17(23)16(22)10-14;/h6-7,10-13H,4-5,8-9H2,1-3H3,(H,24,25,26);1H.